The molecule has 0 atom stereocenters. The molecule has 0 unspecified atom stereocenters. The van der Waals surface area contributed by atoms with Gasteiger partial charge in [0.2, 0.25) is 0 Å². The molecule has 0 radical (unpaired) electrons. The third-order valence-electron chi connectivity index (χ3n) is 2.13. The van der Waals surface area contributed by atoms with Gasteiger partial charge in [0.05, 0.1) is 7.11 Å². The Hall–Kier alpha value is -1.35. The SMILES string of the molecule is COC(=O)c1nc(Cl)cc2c1CC=C2. The lowest BCUT2D eigenvalue weighted by Gasteiger charge is -2.05. The standard InChI is InChI=1S/C10H8ClNO2/c1-14-10(13)9-7-4-2-3-6(7)5-8(11)12-9/h2-3,5H,4H2,1H3. The van der Waals surface area contributed by atoms with Crippen LogP contribution in [0.4, 0.5) is 0 Å². The molecule has 14 heavy (non-hydrogen) atoms. The van der Waals surface area contributed by atoms with Gasteiger partial charge < -0.3 is 4.74 Å². The lowest BCUT2D eigenvalue weighted by atomic mass is 10.1. The van der Waals surface area contributed by atoms with E-state index >= 15 is 0 Å². The van der Waals surface area contributed by atoms with Gasteiger partial charge in [-0.3, -0.25) is 0 Å². The van der Waals surface area contributed by atoms with Gasteiger partial charge in [-0.05, 0) is 23.6 Å². The largest absolute Gasteiger partial charge is 0.464 e. The number of carbonyl (C=O) groups is 1. The number of nitrogens with zero attached hydrogens (tertiary/aromatic N) is 1. The van der Waals surface area contributed by atoms with Gasteiger partial charge in [-0.2, -0.15) is 0 Å². The second kappa shape index (κ2) is 3.42. The van der Waals surface area contributed by atoms with Crippen molar-refractivity contribution >= 4 is 23.6 Å². The lowest BCUT2D eigenvalue weighted by Crippen LogP contribution is -2.08. The van der Waals surface area contributed by atoms with Gasteiger partial charge in [0.15, 0.2) is 5.69 Å². The molecule has 2 rings (SSSR count). The van der Waals surface area contributed by atoms with Gasteiger partial charge >= 0.3 is 5.97 Å². The zero-order chi connectivity index (χ0) is 10.1. The molecule has 1 aliphatic carbocycles. The summed E-state index contributed by atoms with van der Waals surface area (Å²) in [6, 6.07) is 1.74. The van der Waals surface area contributed by atoms with Crippen molar-refractivity contribution in [3.63, 3.8) is 0 Å². The normalized spacial score (nSPS) is 12.7. The molecule has 0 aromatic carbocycles. The Morgan fingerprint density at radius 2 is 2.43 bits per heavy atom. The summed E-state index contributed by atoms with van der Waals surface area (Å²) in [7, 11) is 1.33. The molecule has 0 saturated carbocycles. The van der Waals surface area contributed by atoms with E-state index < -0.39 is 5.97 Å². The number of rotatable bonds is 1. The monoisotopic (exact) mass is 209 g/mol. The Labute approximate surface area is 86.4 Å². The molecule has 0 fully saturated rings. The van der Waals surface area contributed by atoms with Crippen LogP contribution < -0.4 is 0 Å². The highest BCUT2D eigenvalue weighted by molar-refractivity contribution is 6.29. The summed E-state index contributed by atoms with van der Waals surface area (Å²) < 4.78 is 4.63. The zero-order valence-electron chi connectivity index (χ0n) is 7.58. The molecule has 3 nitrogen and oxygen atoms in total. The first-order valence-corrected chi connectivity index (χ1v) is 4.54. The van der Waals surface area contributed by atoms with Crippen molar-refractivity contribution < 1.29 is 9.53 Å². The average molecular weight is 210 g/mol. The highest BCUT2D eigenvalue weighted by Crippen LogP contribution is 2.25. The number of ether oxygens (including phenoxy) is 1. The predicted molar refractivity (Wildman–Crippen MR) is 53.3 cm³/mol. The molecule has 4 heteroatoms. The Balaban J connectivity index is 2.57. The number of fused-ring (bicyclic) bond motifs is 1. The number of hydrogen-bond acceptors (Lipinski definition) is 3. The zero-order valence-corrected chi connectivity index (χ0v) is 8.34. The van der Waals surface area contributed by atoms with Crippen molar-refractivity contribution in [2.75, 3.05) is 7.11 Å². The van der Waals surface area contributed by atoms with Crippen molar-refractivity contribution in [1.82, 2.24) is 4.98 Å². The number of methoxy groups -OCH3 is 1. The van der Waals surface area contributed by atoms with Crippen LogP contribution in [0.2, 0.25) is 5.15 Å². The first-order chi connectivity index (χ1) is 6.72. The predicted octanol–water partition coefficient (Wildman–Crippen LogP) is 2.09. The second-order valence-electron chi connectivity index (χ2n) is 2.96. The average Bonchev–Trinajstić information content (AvgIpc) is 2.62. The number of allylic oxidation sites excluding steroid dienone is 1. The fraction of sp³-hybridized carbons (Fsp3) is 0.200. The van der Waals surface area contributed by atoms with Gasteiger partial charge in [-0.1, -0.05) is 23.8 Å². The van der Waals surface area contributed by atoms with Crippen LogP contribution in [0.25, 0.3) is 6.08 Å². The number of pyridine rings is 1. The van der Waals surface area contributed by atoms with E-state index in [1.807, 2.05) is 12.2 Å². The molecular formula is C10H8ClNO2. The van der Waals surface area contributed by atoms with E-state index in [4.69, 9.17) is 11.6 Å². The topological polar surface area (TPSA) is 39.2 Å². The highest BCUT2D eigenvalue weighted by Gasteiger charge is 2.19. The van der Waals surface area contributed by atoms with E-state index in [0.717, 1.165) is 11.1 Å². The molecule has 1 aromatic rings. The minimum absolute atomic E-state index is 0.315. The number of halogens is 1. The molecule has 72 valence electrons. The number of esters is 1. The third kappa shape index (κ3) is 1.40. The lowest BCUT2D eigenvalue weighted by molar-refractivity contribution is 0.0593. The summed E-state index contributed by atoms with van der Waals surface area (Å²) in [4.78, 5) is 15.3. The van der Waals surface area contributed by atoms with Crippen LogP contribution >= 0.6 is 11.6 Å². The molecule has 1 aromatic heterocycles. The third-order valence-corrected chi connectivity index (χ3v) is 2.32. The maximum atomic E-state index is 11.4. The molecular weight excluding hydrogens is 202 g/mol. The van der Waals surface area contributed by atoms with E-state index in [1.54, 1.807) is 6.07 Å². The van der Waals surface area contributed by atoms with E-state index in [1.165, 1.54) is 7.11 Å². The van der Waals surface area contributed by atoms with E-state index in [9.17, 15) is 4.79 Å². The van der Waals surface area contributed by atoms with Crippen LogP contribution in [0.1, 0.15) is 21.6 Å². The molecule has 0 bridgehead atoms. The van der Waals surface area contributed by atoms with E-state index in [2.05, 4.69) is 9.72 Å². The summed E-state index contributed by atoms with van der Waals surface area (Å²) in [5.74, 6) is -0.438. The van der Waals surface area contributed by atoms with Gasteiger partial charge in [0.1, 0.15) is 5.15 Å². The van der Waals surface area contributed by atoms with Crippen molar-refractivity contribution in [2.24, 2.45) is 0 Å². The Bertz CT molecular complexity index is 426. The summed E-state index contributed by atoms with van der Waals surface area (Å²) >= 11 is 5.78. The Kier molecular flexibility index (Phi) is 2.25. The minimum Gasteiger partial charge on any atom is -0.464 e. The number of aromatic nitrogens is 1. The Morgan fingerprint density at radius 1 is 1.64 bits per heavy atom. The molecule has 0 spiro atoms. The quantitative estimate of drug-likeness (QED) is 0.525. The van der Waals surface area contributed by atoms with Gasteiger partial charge in [-0.15, -0.1) is 0 Å². The van der Waals surface area contributed by atoms with Gasteiger partial charge in [0.25, 0.3) is 0 Å². The van der Waals surface area contributed by atoms with Crippen LogP contribution in [-0.2, 0) is 11.2 Å². The van der Waals surface area contributed by atoms with Crippen LogP contribution in [-0.4, -0.2) is 18.1 Å². The van der Waals surface area contributed by atoms with Crippen molar-refractivity contribution in [3.05, 3.63) is 34.1 Å². The van der Waals surface area contributed by atoms with E-state index in [-0.39, 0.29) is 0 Å². The van der Waals surface area contributed by atoms with Crippen LogP contribution in [0.15, 0.2) is 12.1 Å². The van der Waals surface area contributed by atoms with E-state index in [0.29, 0.717) is 17.3 Å². The van der Waals surface area contributed by atoms with Crippen molar-refractivity contribution in [3.8, 4) is 0 Å². The van der Waals surface area contributed by atoms with Crippen LogP contribution in [0.3, 0.4) is 0 Å². The molecule has 0 aliphatic heterocycles. The maximum absolute atomic E-state index is 11.4. The summed E-state index contributed by atoms with van der Waals surface area (Å²) in [6.07, 6.45) is 4.61. The summed E-state index contributed by atoms with van der Waals surface area (Å²) in [5.41, 5.74) is 2.16. The van der Waals surface area contributed by atoms with Crippen molar-refractivity contribution in [2.45, 2.75) is 6.42 Å². The first-order valence-electron chi connectivity index (χ1n) is 4.16. The second-order valence-corrected chi connectivity index (χ2v) is 3.35. The highest BCUT2D eigenvalue weighted by atomic mass is 35.5. The fourth-order valence-electron chi connectivity index (χ4n) is 1.49. The molecule has 0 N–H and O–H groups in total. The summed E-state index contributed by atoms with van der Waals surface area (Å²) in [6.45, 7) is 0. The van der Waals surface area contributed by atoms with Crippen molar-refractivity contribution in [1.29, 1.82) is 0 Å². The molecule has 1 aliphatic rings. The van der Waals surface area contributed by atoms with Crippen LogP contribution in [0, 0.1) is 0 Å². The minimum atomic E-state index is -0.438. The number of hydrogen-bond donors (Lipinski definition) is 0. The first kappa shape index (κ1) is 9.21. The Morgan fingerprint density at radius 3 is 3.14 bits per heavy atom. The van der Waals surface area contributed by atoms with Gasteiger partial charge in [0, 0.05) is 0 Å². The number of carbonyl (C=O) groups excluding carboxylic acids is 1. The van der Waals surface area contributed by atoms with Gasteiger partial charge in [-0.25, -0.2) is 9.78 Å². The smallest absolute Gasteiger partial charge is 0.357 e. The molecule has 0 saturated heterocycles. The molecule has 0 amide bonds. The summed E-state index contributed by atoms with van der Waals surface area (Å²) in [5, 5.41) is 0.315. The fourth-order valence-corrected chi connectivity index (χ4v) is 1.69. The van der Waals surface area contributed by atoms with Crippen LogP contribution in [0.5, 0.6) is 0 Å². The molecule has 1 heterocycles. The maximum Gasteiger partial charge on any atom is 0.357 e.